The molecule has 2 rings (SSSR count). The van der Waals surface area contributed by atoms with E-state index in [9.17, 15) is 4.79 Å². The van der Waals surface area contributed by atoms with E-state index in [0.717, 1.165) is 16.8 Å². The quantitative estimate of drug-likeness (QED) is 0.894. The molecule has 90 valence electrons. The molecule has 1 N–H and O–H groups in total. The van der Waals surface area contributed by atoms with Gasteiger partial charge in [0.1, 0.15) is 0 Å². The van der Waals surface area contributed by atoms with Gasteiger partial charge in [0, 0.05) is 11.9 Å². The summed E-state index contributed by atoms with van der Waals surface area (Å²) < 4.78 is 0. The van der Waals surface area contributed by atoms with Crippen LogP contribution < -0.4 is 0 Å². The van der Waals surface area contributed by atoms with E-state index in [2.05, 4.69) is 4.98 Å². The largest absolute Gasteiger partial charge is 0.478 e. The third kappa shape index (κ3) is 3.04. The van der Waals surface area contributed by atoms with E-state index in [1.165, 1.54) is 0 Å². The van der Waals surface area contributed by atoms with E-state index in [4.69, 9.17) is 5.11 Å². The Morgan fingerprint density at radius 1 is 1.11 bits per heavy atom. The van der Waals surface area contributed by atoms with Crippen molar-refractivity contribution >= 4 is 18.1 Å². The molecule has 18 heavy (non-hydrogen) atoms. The summed E-state index contributed by atoms with van der Waals surface area (Å²) in [6.45, 7) is 1.94. The van der Waals surface area contributed by atoms with Crippen LogP contribution in [0.1, 0.15) is 27.2 Å². The van der Waals surface area contributed by atoms with Gasteiger partial charge in [-0.3, -0.25) is 4.98 Å². The van der Waals surface area contributed by atoms with Crippen LogP contribution in [0.2, 0.25) is 0 Å². The molecule has 2 aromatic rings. The first kappa shape index (κ1) is 12.0. The Hall–Kier alpha value is -2.42. The van der Waals surface area contributed by atoms with Crippen molar-refractivity contribution < 1.29 is 9.90 Å². The van der Waals surface area contributed by atoms with Crippen LogP contribution in [-0.4, -0.2) is 16.1 Å². The van der Waals surface area contributed by atoms with Crippen molar-refractivity contribution in [2.75, 3.05) is 0 Å². The Morgan fingerprint density at radius 3 is 2.39 bits per heavy atom. The van der Waals surface area contributed by atoms with Crippen molar-refractivity contribution in [3.63, 3.8) is 0 Å². The van der Waals surface area contributed by atoms with Crippen LogP contribution in [0.25, 0.3) is 12.2 Å². The predicted molar refractivity (Wildman–Crippen MR) is 71.3 cm³/mol. The summed E-state index contributed by atoms with van der Waals surface area (Å²) in [6, 6.07) is 10.7. The maximum atomic E-state index is 10.7. The molecule has 0 bridgehead atoms. The molecular formula is C15H13NO2. The summed E-state index contributed by atoms with van der Waals surface area (Å²) in [4.78, 5) is 14.8. The fourth-order valence-corrected chi connectivity index (χ4v) is 1.60. The van der Waals surface area contributed by atoms with Crippen molar-refractivity contribution in [3.05, 3.63) is 65.0 Å². The molecule has 0 spiro atoms. The van der Waals surface area contributed by atoms with Crippen molar-refractivity contribution in [2.24, 2.45) is 0 Å². The number of aromatic nitrogens is 1. The van der Waals surface area contributed by atoms with Gasteiger partial charge in [0.25, 0.3) is 0 Å². The molecule has 0 aliphatic heterocycles. The molecular weight excluding hydrogens is 226 g/mol. The molecule has 0 amide bonds. The highest BCUT2D eigenvalue weighted by molar-refractivity contribution is 5.88. The van der Waals surface area contributed by atoms with Crippen molar-refractivity contribution in [3.8, 4) is 0 Å². The lowest BCUT2D eigenvalue weighted by atomic mass is 10.1. The molecule has 3 heteroatoms. The van der Waals surface area contributed by atoms with Gasteiger partial charge in [-0.1, -0.05) is 24.3 Å². The minimum absolute atomic E-state index is 0.298. The minimum atomic E-state index is -0.907. The van der Waals surface area contributed by atoms with Gasteiger partial charge in [-0.2, -0.15) is 0 Å². The molecule has 3 nitrogen and oxygen atoms in total. The van der Waals surface area contributed by atoms with E-state index in [1.807, 2.05) is 31.2 Å². The van der Waals surface area contributed by atoms with Crippen molar-refractivity contribution in [1.29, 1.82) is 0 Å². The van der Waals surface area contributed by atoms with Crippen LogP contribution in [-0.2, 0) is 0 Å². The third-order valence-electron chi connectivity index (χ3n) is 2.55. The summed E-state index contributed by atoms with van der Waals surface area (Å²) in [5.41, 5.74) is 3.31. The van der Waals surface area contributed by atoms with E-state index >= 15 is 0 Å². The highest BCUT2D eigenvalue weighted by Crippen LogP contribution is 2.10. The molecule has 0 saturated carbocycles. The average Bonchev–Trinajstić information content (AvgIpc) is 2.37. The fourth-order valence-electron chi connectivity index (χ4n) is 1.60. The zero-order valence-corrected chi connectivity index (χ0v) is 10.00. The van der Waals surface area contributed by atoms with E-state index < -0.39 is 5.97 Å². The lowest BCUT2D eigenvalue weighted by Crippen LogP contribution is -1.94. The Morgan fingerprint density at radius 2 is 1.78 bits per heavy atom. The SMILES string of the molecule is Cc1cc(C=Cc2ccc(C(=O)O)cc2)ccn1. The molecule has 0 fully saturated rings. The number of hydrogen-bond donors (Lipinski definition) is 1. The van der Waals surface area contributed by atoms with Gasteiger partial charge in [0.15, 0.2) is 0 Å². The fraction of sp³-hybridized carbons (Fsp3) is 0.0667. The van der Waals surface area contributed by atoms with E-state index in [-0.39, 0.29) is 0 Å². The van der Waals surface area contributed by atoms with Crippen LogP contribution in [0.3, 0.4) is 0 Å². The highest BCUT2D eigenvalue weighted by atomic mass is 16.4. The maximum Gasteiger partial charge on any atom is 0.335 e. The summed E-state index contributed by atoms with van der Waals surface area (Å²) in [5, 5.41) is 8.79. The first-order valence-corrected chi connectivity index (χ1v) is 5.59. The first-order chi connectivity index (χ1) is 8.65. The first-order valence-electron chi connectivity index (χ1n) is 5.59. The second-order valence-electron chi connectivity index (χ2n) is 3.99. The van der Waals surface area contributed by atoms with Crippen molar-refractivity contribution in [1.82, 2.24) is 4.98 Å². The molecule has 0 saturated heterocycles. The Kier molecular flexibility index (Phi) is 3.53. The molecule has 1 heterocycles. The molecule has 1 aromatic carbocycles. The van der Waals surface area contributed by atoms with Crippen molar-refractivity contribution in [2.45, 2.75) is 6.92 Å². The molecule has 0 atom stereocenters. The summed E-state index contributed by atoms with van der Waals surface area (Å²) in [7, 11) is 0. The van der Waals surface area contributed by atoms with Crippen LogP contribution in [0.15, 0.2) is 42.6 Å². The number of rotatable bonds is 3. The number of carbonyl (C=O) groups is 1. The van der Waals surface area contributed by atoms with Crippen LogP contribution in [0, 0.1) is 6.92 Å². The Balaban J connectivity index is 2.16. The third-order valence-corrected chi connectivity index (χ3v) is 2.55. The van der Waals surface area contributed by atoms with Gasteiger partial charge in [0.05, 0.1) is 5.56 Å². The number of pyridine rings is 1. The summed E-state index contributed by atoms with van der Waals surface area (Å²) in [6.07, 6.45) is 5.69. The van der Waals surface area contributed by atoms with Gasteiger partial charge in [0.2, 0.25) is 0 Å². The summed E-state index contributed by atoms with van der Waals surface area (Å²) in [5.74, 6) is -0.907. The van der Waals surface area contributed by atoms with Gasteiger partial charge < -0.3 is 5.11 Å². The van der Waals surface area contributed by atoms with Crippen LogP contribution >= 0.6 is 0 Å². The van der Waals surface area contributed by atoms with Gasteiger partial charge in [-0.05, 0) is 42.3 Å². The molecule has 0 radical (unpaired) electrons. The van der Waals surface area contributed by atoms with E-state index in [0.29, 0.717) is 5.56 Å². The van der Waals surface area contributed by atoms with Crippen LogP contribution in [0.4, 0.5) is 0 Å². The monoisotopic (exact) mass is 239 g/mol. The van der Waals surface area contributed by atoms with Gasteiger partial charge >= 0.3 is 5.97 Å². The molecule has 1 aromatic heterocycles. The minimum Gasteiger partial charge on any atom is -0.478 e. The molecule has 0 aliphatic carbocycles. The number of hydrogen-bond acceptors (Lipinski definition) is 2. The Labute approximate surface area is 105 Å². The number of carboxylic acid groups (broad SMARTS) is 1. The average molecular weight is 239 g/mol. The van der Waals surface area contributed by atoms with E-state index in [1.54, 1.807) is 30.5 Å². The van der Waals surface area contributed by atoms with Gasteiger partial charge in [-0.25, -0.2) is 4.79 Å². The predicted octanol–water partition coefficient (Wildman–Crippen LogP) is 3.26. The molecule has 0 unspecified atom stereocenters. The lowest BCUT2D eigenvalue weighted by molar-refractivity contribution is 0.0697. The lowest BCUT2D eigenvalue weighted by Gasteiger charge is -1.97. The van der Waals surface area contributed by atoms with Gasteiger partial charge in [-0.15, -0.1) is 0 Å². The second kappa shape index (κ2) is 5.27. The standard InChI is InChI=1S/C15H13NO2/c1-11-10-13(8-9-16-11)3-2-12-4-6-14(7-5-12)15(17)18/h2-10H,1H3,(H,17,18). The topological polar surface area (TPSA) is 50.2 Å². The number of aromatic carboxylic acids is 1. The Bertz CT molecular complexity index is 586. The molecule has 0 aliphatic rings. The number of nitrogens with zero attached hydrogens (tertiary/aromatic N) is 1. The second-order valence-corrected chi connectivity index (χ2v) is 3.99. The zero-order valence-electron chi connectivity index (χ0n) is 10.00. The zero-order chi connectivity index (χ0) is 13.0. The number of benzene rings is 1. The highest BCUT2D eigenvalue weighted by Gasteiger charge is 1.99. The smallest absolute Gasteiger partial charge is 0.335 e. The summed E-state index contributed by atoms with van der Waals surface area (Å²) >= 11 is 0. The van der Waals surface area contributed by atoms with Crippen LogP contribution in [0.5, 0.6) is 0 Å². The normalized spacial score (nSPS) is 10.7. The number of carboxylic acids is 1. The number of aryl methyl sites for hydroxylation is 1. The maximum absolute atomic E-state index is 10.7.